The molecule has 0 unspecified atom stereocenters. The maximum absolute atomic E-state index is 13.0. The normalized spacial score (nSPS) is 18.1. The van der Waals surface area contributed by atoms with Crippen LogP contribution < -0.4 is 15.2 Å². The number of hydrogen-bond donors (Lipinski definition) is 1. The summed E-state index contributed by atoms with van der Waals surface area (Å²) in [5.74, 6) is 0.735. The molecule has 9 heteroatoms. The largest absolute Gasteiger partial charge is 0.493 e. The molecular weight excluding hydrogens is 541 g/mol. The van der Waals surface area contributed by atoms with Crippen molar-refractivity contribution in [2.24, 2.45) is 5.73 Å². The van der Waals surface area contributed by atoms with E-state index in [0.717, 1.165) is 24.1 Å². The summed E-state index contributed by atoms with van der Waals surface area (Å²) in [5.41, 5.74) is 9.64. The van der Waals surface area contributed by atoms with Gasteiger partial charge in [-0.2, -0.15) is 5.26 Å². The van der Waals surface area contributed by atoms with E-state index in [1.165, 1.54) is 7.11 Å². The highest BCUT2D eigenvalue weighted by atomic mass is 79.9. The van der Waals surface area contributed by atoms with Gasteiger partial charge in [0.2, 0.25) is 0 Å². The van der Waals surface area contributed by atoms with Crippen molar-refractivity contribution in [3.05, 3.63) is 78.6 Å². The lowest BCUT2D eigenvalue weighted by Crippen LogP contribution is -2.36. The van der Waals surface area contributed by atoms with E-state index in [4.69, 9.17) is 38.4 Å². The highest BCUT2D eigenvalue weighted by molar-refractivity contribution is 9.10. The van der Waals surface area contributed by atoms with Crippen molar-refractivity contribution in [2.75, 3.05) is 14.2 Å². The lowest BCUT2D eigenvalue weighted by Gasteiger charge is -2.38. The first-order chi connectivity index (χ1) is 16.3. The molecule has 6 nitrogen and oxygen atoms in total. The molecule has 0 radical (unpaired) electrons. The third-order valence-electron chi connectivity index (χ3n) is 6.16. The summed E-state index contributed by atoms with van der Waals surface area (Å²) in [4.78, 5) is 14.8. The molecule has 34 heavy (non-hydrogen) atoms. The molecule has 0 aromatic heterocycles. The molecule has 176 valence electrons. The van der Waals surface area contributed by atoms with E-state index >= 15 is 0 Å². The van der Waals surface area contributed by atoms with E-state index < -0.39 is 5.92 Å². The number of nitriles is 1. The third-order valence-corrected chi connectivity index (χ3v) is 7.43. The van der Waals surface area contributed by atoms with Gasteiger partial charge in [0, 0.05) is 44.8 Å². The van der Waals surface area contributed by atoms with Gasteiger partial charge in [-0.05, 0) is 42.7 Å². The number of benzene rings is 2. The van der Waals surface area contributed by atoms with Crippen LogP contribution in [0.25, 0.3) is 0 Å². The Morgan fingerprint density at radius 3 is 2.68 bits per heavy atom. The summed E-state index contributed by atoms with van der Waals surface area (Å²) in [7, 11) is 3.33. The Balaban J connectivity index is 1.76. The fraction of sp³-hybridized carbons (Fsp3) is 0.280. The van der Waals surface area contributed by atoms with E-state index in [2.05, 4.69) is 22.0 Å². The van der Waals surface area contributed by atoms with Crippen molar-refractivity contribution < 1.29 is 14.3 Å². The molecule has 0 bridgehead atoms. The number of allylic oxidation sites excluding steroid dienone is 3. The molecule has 1 aliphatic carbocycles. The second-order valence-corrected chi connectivity index (χ2v) is 9.79. The molecule has 1 aliphatic heterocycles. The number of hydrogen-bond acceptors (Lipinski definition) is 6. The molecule has 0 saturated heterocycles. The van der Waals surface area contributed by atoms with Crippen molar-refractivity contribution in [1.29, 1.82) is 5.26 Å². The second kappa shape index (κ2) is 9.91. The zero-order chi connectivity index (χ0) is 24.6. The lowest BCUT2D eigenvalue weighted by molar-refractivity contribution is -0.116. The van der Waals surface area contributed by atoms with Crippen molar-refractivity contribution in [1.82, 2.24) is 4.90 Å². The first-order valence-electron chi connectivity index (χ1n) is 10.6. The first kappa shape index (κ1) is 24.5. The van der Waals surface area contributed by atoms with Gasteiger partial charge in [-0.3, -0.25) is 4.79 Å². The number of ketones is 1. The van der Waals surface area contributed by atoms with Crippen LogP contribution >= 0.6 is 39.1 Å². The Bertz CT molecular complexity index is 1280. The lowest BCUT2D eigenvalue weighted by atomic mass is 9.76. The minimum atomic E-state index is -0.591. The molecule has 0 fully saturated rings. The quantitative estimate of drug-likeness (QED) is 0.475. The number of carbonyl (C=O) groups is 1. The van der Waals surface area contributed by atoms with Gasteiger partial charge >= 0.3 is 0 Å². The highest BCUT2D eigenvalue weighted by Gasteiger charge is 2.39. The van der Waals surface area contributed by atoms with Crippen molar-refractivity contribution >= 4 is 44.9 Å². The predicted octanol–water partition coefficient (Wildman–Crippen LogP) is 6.07. The average molecular weight is 563 g/mol. The summed E-state index contributed by atoms with van der Waals surface area (Å²) in [6.45, 7) is 0.205. The molecule has 4 rings (SSSR count). The average Bonchev–Trinajstić information content (AvgIpc) is 2.81. The van der Waals surface area contributed by atoms with Crippen molar-refractivity contribution in [3.63, 3.8) is 0 Å². The van der Waals surface area contributed by atoms with Crippen LogP contribution in [0.2, 0.25) is 10.0 Å². The number of halogens is 3. The fourth-order valence-electron chi connectivity index (χ4n) is 4.41. The minimum absolute atomic E-state index is 0.0296. The fourth-order valence-corrected chi connectivity index (χ4v) is 5.43. The molecule has 2 aromatic carbocycles. The zero-order valence-corrected chi connectivity index (χ0v) is 21.7. The highest BCUT2D eigenvalue weighted by Crippen LogP contribution is 2.48. The van der Waals surface area contributed by atoms with Crippen LogP contribution in [-0.2, 0) is 11.4 Å². The van der Waals surface area contributed by atoms with Crippen molar-refractivity contribution in [3.8, 4) is 17.6 Å². The van der Waals surface area contributed by atoms with E-state index in [1.54, 1.807) is 42.3 Å². The number of Topliss-reactive ketones (excluding diaryl/α,β-unsaturated/α-hetero) is 1. The summed E-state index contributed by atoms with van der Waals surface area (Å²) >= 11 is 15.9. The van der Waals surface area contributed by atoms with Gasteiger partial charge in [0.1, 0.15) is 12.4 Å². The van der Waals surface area contributed by atoms with Gasteiger partial charge in [0.25, 0.3) is 0 Å². The van der Waals surface area contributed by atoms with Gasteiger partial charge in [-0.15, -0.1) is 0 Å². The number of methoxy groups -OCH3 is 1. The zero-order valence-electron chi connectivity index (χ0n) is 18.6. The van der Waals surface area contributed by atoms with Crippen LogP contribution in [-0.4, -0.2) is 24.8 Å². The van der Waals surface area contributed by atoms with Crippen LogP contribution in [0, 0.1) is 11.3 Å². The molecule has 2 aliphatic rings. The Hall–Kier alpha value is -2.66. The number of ether oxygens (including phenoxy) is 2. The monoisotopic (exact) mass is 561 g/mol. The van der Waals surface area contributed by atoms with Crippen molar-refractivity contribution in [2.45, 2.75) is 31.8 Å². The molecular formula is C25H22BrCl2N3O3. The van der Waals surface area contributed by atoms with Crippen LogP contribution in [0.5, 0.6) is 11.5 Å². The summed E-state index contributed by atoms with van der Waals surface area (Å²) < 4.78 is 12.3. The maximum atomic E-state index is 13.0. The molecule has 0 amide bonds. The van der Waals surface area contributed by atoms with Crippen LogP contribution in [0.4, 0.5) is 0 Å². The van der Waals surface area contributed by atoms with E-state index in [0.29, 0.717) is 55.0 Å². The second-order valence-electron chi connectivity index (χ2n) is 8.09. The Morgan fingerprint density at radius 2 is 2.00 bits per heavy atom. The number of nitrogens with two attached hydrogens (primary N) is 1. The third kappa shape index (κ3) is 4.38. The maximum Gasteiger partial charge on any atom is 0.162 e. The van der Waals surface area contributed by atoms with Gasteiger partial charge in [0.15, 0.2) is 17.3 Å². The van der Waals surface area contributed by atoms with Gasteiger partial charge in [0.05, 0.1) is 24.7 Å². The first-order valence-corrected chi connectivity index (χ1v) is 12.2. The Kier molecular flexibility index (Phi) is 7.13. The summed E-state index contributed by atoms with van der Waals surface area (Å²) in [6.07, 6.45) is 1.93. The molecule has 2 N–H and O–H groups in total. The molecule has 1 heterocycles. The molecule has 2 aromatic rings. The smallest absolute Gasteiger partial charge is 0.162 e. The van der Waals surface area contributed by atoms with E-state index in [-0.39, 0.29) is 12.4 Å². The van der Waals surface area contributed by atoms with Crippen LogP contribution in [0.15, 0.2) is 57.5 Å². The van der Waals surface area contributed by atoms with Crippen LogP contribution in [0.1, 0.15) is 36.3 Å². The molecule has 0 spiro atoms. The number of carbonyl (C=O) groups excluding carboxylic acids is 1. The van der Waals surface area contributed by atoms with Gasteiger partial charge in [-0.1, -0.05) is 45.2 Å². The standard InChI is InChI=1S/C25H22BrCl2N3O3/c1-31-19-4-3-5-20(32)24(19)23(16(11-29)25(31)30)15-9-21(33-2)22(10-17(15)26)34-12-13-6-7-14(27)8-18(13)28/h6-10,23H,3-5,12,30H2,1-2H3/t23-/m0/s1. The molecule has 0 saturated carbocycles. The molecule has 1 atom stereocenters. The Morgan fingerprint density at radius 1 is 1.24 bits per heavy atom. The summed E-state index contributed by atoms with van der Waals surface area (Å²) in [5, 5.41) is 11.0. The SMILES string of the molecule is COc1cc([C@H]2C(C#N)=C(N)N(C)C3=C2C(=O)CCC3)c(Br)cc1OCc1ccc(Cl)cc1Cl. The van der Waals surface area contributed by atoms with E-state index in [9.17, 15) is 10.1 Å². The van der Waals surface area contributed by atoms with E-state index in [1.807, 2.05) is 0 Å². The Labute approximate surface area is 216 Å². The summed E-state index contributed by atoms with van der Waals surface area (Å²) in [6, 6.07) is 11.0. The van der Waals surface area contributed by atoms with Crippen LogP contribution in [0.3, 0.4) is 0 Å². The minimum Gasteiger partial charge on any atom is -0.493 e. The number of nitrogens with zero attached hydrogens (tertiary/aromatic N) is 2. The number of rotatable bonds is 5. The predicted molar refractivity (Wildman–Crippen MR) is 135 cm³/mol. The van der Waals surface area contributed by atoms with Gasteiger partial charge < -0.3 is 20.1 Å². The van der Waals surface area contributed by atoms with Gasteiger partial charge in [-0.25, -0.2) is 0 Å². The topological polar surface area (TPSA) is 88.6 Å².